The van der Waals surface area contributed by atoms with E-state index < -0.39 is 5.91 Å². The zero-order valence-electron chi connectivity index (χ0n) is 13.0. The third kappa shape index (κ3) is 3.44. The molecule has 0 saturated carbocycles. The van der Waals surface area contributed by atoms with E-state index in [0.717, 1.165) is 4.88 Å². The van der Waals surface area contributed by atoms with Gasteiger partial charge in [-0.2, -0.15) is 0 Å². The molecule has 122 valence electrons. The maximum absolute atomic E-state index is 12.1. The fourth-order valence-electron chi connectivity index (χ4n) is 2.30. The largest absolute Gasteiger partial charge is 0.451 e. The Morgan fingerprint density at radius 3 is 2.71 bits per heavy atom. The van der Waals surface area contributed by atoms with Crippen molar-refractivity contribution in [2.24, 2.45) is 0 Å². The first-order valence-corrected chi connectivity index (χ1v) is 8.27. The molecule has 1 aromatic carbocycles. The smallest absolute Gasteiger partial charge is 0.287 e. The number of ketones is 1. The first-order chi connectivity index (χ1) is 11.5. The molecule has 1 amide bonds. The van der Waals surface area contributed by atoms with E-state index >= 15 is 0 Å². The van der Waals surface area contributed by atoms with Crippen LogP contribution in [0.25, 0.3) is 11.0 Å². The molecular formula is C18H15NO4S. The van der Waals surface area contributed by atoms with Gasteiger partial charge in [0.25, 0.3) is 5.91 Å². The van der Waals surface area contributed by atoms with Gasteiger partial charge < -0.3 is 9.73 Å². The number of hydrogen-bond donors (Lipinski definition) is 1. The van der Waals surface area contributed by atoms with Crippen LogP contribution in [0.15, 0.2) is 51.7 Å². The van der Waals surface area contributed by atoms with Crippen LogP contribution in [0.5, 0.6) is 0 Å². The number of fused-ring (bicyclic) bond motifs is 1. The number of nitrogens with one attached hydrogen (secondary N) is 1. The Morgan fingerprint density at radius 1 is 1.17 bits per heavy atom. The Hall–Kier alpha value is -2.73. The highest BCUT2D eigenvalue weighted by Crippen LogP contribution is 2.17. The zero-order chi connectivity index (χ0) is 17.1. The zero-order valence-corrected chi connectivity index (χ0v) is 13.8. The maximum Gasteiger partial charge on any atom is 0.287 e. The monoisotopic (exact) mass is 341 g/mol. The fraction of sp³-hybridized carbons (Fsp3) is 0.167. The Morgan fingerprint density at radius 2 is 1.96 bits per heavy atom. The number of amides is 1. The second-order valence-electron chi connectivity index (χ2n) is 5.30. The molecule has 0 unspecified atom stereocenters. The number of Topliss-reactive ketones (excluding diaryl/α,β-unsaturated/α-hetero) is 1. The van der Waals surface area contributed by atoms with Crippen molar-refractivity contribution in [1.29, 1.82) is 0 Å². The van der Waals surface area contributed by atoms with Crippen LogP contribution in [-0.4, -0.2) is 18.2 Å². The van der Waals surface area contributed by atoms with Crippen molar-refractivity contribution < 1.29 is 14.0 Å². The van der Waals surface area contributed by atoms with E-state index in [2.05, 4.69) is 5.32 Å². The molecular weight excluding hydrogens is 326 g/mol. The number of benzene rings is 1. The lowest BCUT2D eigenvalue weighted by Gasteiger charge is -2.04. The summed E-state index contributed by atoms with van der Waals surface area (Å²) < 4.78 is 5.49. The van der Waals surface area contributed by atoms with E-state index in [1.165, 1.54) is 24.3 Å². The molecule has 6 heteroatoms. The molecule has 0 aliphatic heterocycles. The summed E-state index contributed by atoms with van der Waals surface area (Å²) in [5, 5.41) is 3.18. The lowest BCUT2D eigenvalue weighted by atomic mass is 10.2. The molecule has 0 radical (unpaired) electrons. The van der Waals surface area contributed by atoms with Crippen molar-refractivity contribution in [3.05, 3.63) is 68.2 Å². The quantitative estimate of drug-likeness (QED) is 0.724. The van der Waals surface area contributed by atoms with Crippen LogP contribution in [-0.2, 0) is 6.42 Å². The lowest BCUT2D eigenvalue weighted by Crippen LogP contribution is -2.26. The van der Waals surface area contributed by atoms with Gasteiger partial charge in [-0.1, -0.05) is 12.1 Å². The predicted molar refractivity (Wildman–Crippen MR) is 92.8 cm³/mol. The summed E-state index contributed by atoms with van der Waals surface area (Å²) in [6.07, 6.45) is 0.613. The van der Waals surface area contributed by atoms with Gasteiger partial charge in [0.2, 0.25) is 0 Å². The van der Waals surface area contributed by atoms with Crippen LogP contribution < -0.4 is 10.7 Å². The van der Waals surface area contributed by atoms with Gasteiger partial charge in [0.05, 0.1) is 10.3 Å². The second kappa shape index (κ2) is 6.80. The summed E-state index contributed by atoms with van der Waals surface area (Å²) in [4.78, 5) is 37.1. The van der Waals surface area contributed by atoms with Gasteiger partial charge in [-0.05, 0) is 37.6 Å². The fourth-order valence-corrected chi connectivity index (χ4v) is 3.21. The van der Waals surface area contributed by atoms with Crippen LogP contribution in [0.4, 0.5) is 0 Å². The Bertz CT molecular complexity index is 970. The summed E-state index contributed by atoms with van der Waals surface area (Å²) in [6.45, 7) is 1.92. The molecule has 0 saturated heterocycles. The first kappa shape index (κ1) is 16.1. The number of rotatable bonds is 5. The van der Waals surface area contributed by atoms with E-state index in [0.29, 0.717) is 28.8 Å². The average molecular weight is 341 g/mol. The molecule has 0 fully saturated rings. The van der Waals surface area contributed by atoms with E-state index in [4.69, 9.17) is 4.42 Å². The highest BCUT2D eigenvalue weighted by atomic mass is 32.1. The number of hydrogen-bond acceptors (Lipinski definition) is 5. The molecule has 24 heavy (non-hydrogen) atoms. The molecule has 0 spiro atoms. The van der Waals surface area contributed by atoms with E-state index in [-0.39, 0.29) is 17.0 Å². The predicted octanol–water partition coefficient (Wildman–Crippen LogP) is 3.03. The van der Waals surface area contributed by atoms with Gasteiger partial charge in [0.15, 0.2) is 17.0 Å². The van der Waals surface area contributed by atoms with Crippen molar-refractivity contribution in [3.63, 3.8) is 0 Å². The van der Waals surface area contributed by atoms with Crippen LogP contribution >= 0.6 is 11.3 Å². The van der Waals surface area contributed by atoms with Crippen molar-refractivity contribution in [2.75, 3.05) is 6.54 Å². The van der Waals surface area contributed by atoms with Crippen molar-refractivity contribution in [3.8, 4) is 0 Å². The maximum atomic E-state index is 12.1. The molecule has 0 atom stereocenters. The summed E-state index contributed by atoms with van der Waals surface area (Å²) in [7, 11) is 0. The standard InChI is InChI=1S/C18H15NO4S/c1-11(20)17-7-6-12(24-17)8-9-19-18(22)16-10-14(21)13-4-2-3-5-15(13)23-16/h2-7,10H,8-9H2,1H3,(H,19,22). The summed E-state index contributed by atoms with van der Waals surface area (Å²) in [6, 6.07) is 11.7. The minimum atomic E-state index is -0.429. The summed E-state index contributed by atoms with van der Waals surface area (Å²) >= 11 is 1.42. The topological polar surface area (TPSA) is 76.4 Å². The van der Waals surface area contributed by atoms with Crippen LogP contribution in [0.3, 0.4) is 0 Å². The van der Waals surface area contributed by atoms with E-state index in [1.54, 1.807) is 30.3 Å². The Labute approximate surface area is 141 Å². The van der Waals surface area contributed by atoms with Gasteiger partial charge in [0.1, 0.15) is 5.58 Å². The number of para-hydroxylation sites is 1. The van der Waals surface area contributed by atoms with Gasteiger partial charge in [-0.25, -0.2) is 0 Å². The van der Waals surface area contributed by atoms with E-state index in [9.17, 15) is 14.4 Å². The van der Waals surface area contributed by atoms with E-state index in [1.807, 2.05) is 6.07 Å². The normalized spacial score (nSPS) is 10.7. The SMILES string of the molecule is CC(=O)c1ccc(CCNC(=O)c2cc(=O)c3ccccc3o2)s1. The van der Waals surface area contributed by atoms with Crippen LogP contribution in [0.2, 0.25) is 0 Å². The molecule has 0 aliphatic carbocycles. The lowest BCUT2D eigenvalue weighted by molar-refractivity contribution is 0.0926. The minimum absolute atomic E-state index is 0.00527. The molecule has 3 rings (SSSR count). The van der Waals surface area contributed by atoms with Crippen molar-refractivity contribution in [1.82, 2.24) is 5.32 Å². The molecule has 5 nitrogen and oxygen atoms in total. The molecule has 0 aliphatic rings. The summed E-state index contributed by atoms with van der Waals surface area (Å²) in [5.74, 6) is -0.399. The molecule has 2 heterocycles. The highest BCUT2D eigenvalue weighted by molar-refractivity contribution is 7.14. The molecule has 1 N–H and O–H groups in total. The third-order valence-electron chi connectivity index (χ3n) is 3.52. The molecule has 2 aromatic heterocycles. The molecule has 0 bridgehead atoms. The van der Waals surface area contributed by atoms with Crippen molar-refractivity contribution >= 4 is 34.0 Å². The summed E-state index contributed by atoms with van der Waals surface area (Å²) in [5.41, 5.74) is 0.144. The van der Waals surface area contributed by atoms with Gasteiger partial charge in [-0.15, -0.1) is 11.3 Å². The average Bonchev–Trinajstić information content (AvgIpc) is 3.04. The Kier molecular flexibility index (Phi) is 4.57. The highest BCUT2D eigenvalue weighted by Gasteiger charge is 2.12. The minimum Gasteiger partial charge on any atom is -0.451 e. The number of thiophene rings is 1. The van der Waals surface area contributed by atoms with Crippen LogP contribution in [0, 0.1) is 0 Å². The van der Waals surface area contributed by atoms with Gasteiger partial charge in [0, 0.05) is 17.5 Å². The van der Waals surface area contributed by atoms with Crippen molar-refractivity contribution in [2.45, 2.75) is 13.3 Å². The first-order valence-electron chi connectivity index (χ1n) is 7.45. The van der Waals surface area contributed by atoms with Crippen LogP contribution in [0.1, 0.15) is 32.0 Å². The molecule has 3 aromatic rings. The van der Waals surface area contributed by atoms with Gasteiger partial charge >= 0.3 is 0 Å². The number of carbonyl (C=O) groups excluding carboxylic acids is 2. The second-order valence-corrected chi connectivity index (χ2v) is 6.47. The Balaban J connectivity index is 1.66. The third-order valence-corrected chi connectivity index (χ3v) is 4.77. The number of carbonyl (C=O) groups is 2. The van der Waals surface area contributed by atoms with Gasteiger partial charge in [-0.3, -0.25) is 14.4 Å².